The summed E-state index contributed by atoms with van der Waals surface area (Å²) in [7, 11) is 1.82. The average molecular weight is 1280 g/mol. The van der Waals surface area contributed by atoms with E-state index in [2.05, 4.69) is 42.2 Å². The first-order chi connectivity index (χ1) is 43.5. The fraction of sp³-hybridized carbons (Fsp3) is 0.533. The maximum Gasteiger partial charge on any atom is 0.321 e. The Labute approximate surface area is 527 Å². The summed E-state index contributed by atoms with van der Waals surface area (Å²) in [6, 6.07) is 13.2. The number of rotatable bonds is 34. The number of halogens is 2. The second kappa shape index (κ2) is 38.8. The van der Waals surface area contributed by atoms with Gasteiger partial charge in [0.2, 0.25) is 29.5 Å². The predicted molar refractivity (Wildman–Crippen MR) is 329 cm³/mol. The van der Waals surface area contributed by atoms with Gasteiger partial charge in [-0.25, -0.2) is 13.6 Å². The number of phenols is 1. The van der Waals surface area contributed by atoms with Gasteiger partial charge in [0.1, 0.15) is 35.2 Å². The van der Waals surface area contributed by atoms with Crippen molar-refractivity contribution in [3.05, 3.63) is 94.6 Å². The molecule has 2 heterocycles. The normalized spacial score (nSPS) is 15.4. The van der Waals surface area contributed by atoms with Crippen molar-refractivity contribution in [1.82, 2.24) is 66.6 Å². The number of phenolic OH excluding ortho intramolecular Hbond substituents is 1. The van der Waals surface area contributed by atoms with E-state index in [1.54, 1.807) is 45.9 Å². The van der Waals surface area contributed by atoms with Crippen LogP contribution in [0.4, 0.5) is 13.6 Å². The molecule has 2 aliphatic heterocycles. The van der Waals surface area contributed by atoms with E-state index in [1.165, 1.54) is 0 Å². The van der Waals surface area contributed by atoms with E-state index in [4.69, 9.17) is 10.5 Å². The Kier molecular flexibility index (Phi) is 31.2. The maximum atomic E-state index is 14.7. The second-order valence-corrected chi connectivity index (χ2v) is 22.0. The Morgan fingerprint density at radius 3 is 1.73 bits per heavy atom. The SMILES string of the molecule is CCC(=O)NCCNC(=O)NC(N)=NCCC[C@@H](NC(=O)[C@H](c1ccc(OCCCNC(=O)CCN(C)CCNC(=O)CN2CCN(CC(=O)O)CCN(CC(=O)O)CCN(CC(=O)O)CC2)cc1)N1Cc2ccccc2C1)C(=O)NCc1c(F)cc(O)cc1F. The highest BCUT2D eigenvalue weighted by Gasteiger charge is 2.35. The van der Waals surface area contributed by atoms with Crippen LogP contribution in [-0.4, -0.2) is 253 Å². The number of carbonyl (C=O) groups is 9. The molecular weight excluding hydrogens is 1190 g/mol. The number of amides is 7. The minimum absolute atomic E-state index is 0.00405. The molecule has 3 aromatic rings. The minimum atomic E-state index is -1.26. The minimum Gasteiger partial charge on any atom is -0.508 e. The first kappa shape index (κ1) is 73.1. The molecule has 31 heteroatoms. The van der Waals surface area contributed by atoms with Gasteiger partial charge in [0.25, 0.3) is 0 Å². The van der Waals surface area contributed by atoms with Gasteiger partial charge in [-0.3, -0.25) is 73.2 Å². The number of fused-ring (bicyclic) bond motifs is 1. The number of guanidine groups is 1. The number of benzene rings is 3. The monoisotopic (exact) mass is 1280 g/mol. The molecule has 0 radical (unpaired) electrons. The summed E-state index contributed by atoms with van der Waals surface area (Å²) in [5.41, 5.74) is 7.99. The Bertz CT molecular complexity index is 2870. The van der Waals surface area contributed by atoms with E-state index in [9.17, 15) is 72.4 Å². The average Bonchev–Trinajstić information content (AvgIpc) is 1.82. The number of hydrogen-bond donors (Lipinski definition) is 12. The lowest BCUT2D eigenvalue weighted by molar-refractivity contribution is -0.140. The fourth-order valence-electron chi connectivity index (χ4n) is 10.0. The molecule has 0 saturated carbocycles. The molecular formula is C60H87F2N15O14. The smallest absolute Gasteiger partial charge is 0.321 e. The molecule has 1 fully saturated rings. The van der Waals surface area contributed by atoms with E-state index in [-0.39, 0.29) is 141 Å². The summed E-state index contributed by atoms with van der Waals surface area (Å²) in [5.74, 6) is -7.68. The summed E-state index contributed by atoms with van der Waals surface area (Å²) in [6.07, 6.45) is 1.06. The number of carboxylic acids is 3. The molecule has 0 unspecified atom stereocenters. The molecule has 1 saturated heterocycles. The number of aliphatic carboxylic acids is 3. The van der Waals surface area contributed by atoms with Crippen LogP contribution in [0.25, 0.3) is 0 Å². The summed E-state index contributed by atoms with van der Waals surface area (Å²) in [6.45, 7) is 5.21. The number of hydrogen-bond acceptors (Lipinski definition) is 18. The number of likely N-dealkylation sites (N-methyl/N-ethyl adjacent to an activating group) is 1. The highest BCUT2D eigenvalue weighted by Crippen LogP contribution is 2.33. The zero-order valence-corrected chi connectivity index (χ0v) is 51.6. The van der Waals surface area contributed by atoms with Crippen LogP contribution >= 0.6 is 0 Å². The topological polar surface area (TPSA) is 386 Å². The molecule has 2 atom stereocenters. The van der Waals surface area contributed by atoms with Crippen molar-refractivity contribution in [1.29, 1.82) is 0 Å². The van der Waals surface area contributed by atoms with Gasteiger partial charge in [0, 0.05) is 148 Å². The highest BCUT2D eigenvalue weighted by atomic mass is 19.1. The highest BCUT2D eigenvalue weighted by molar-refractivity contribution is 5.95. The van der Waals surface area contributed by atoms with Gasteiger partial charge in [0.05, 0.1) is 32.8 Å². The number of carboxylic acid groups (broad SMARTS) is 3. The maximum absolute atomic E-state index is 14.7. The third-order valence-corrected chi connectivity index (χ3v) is 14.9. The van der Waals surface area contributed by atoms with Gasteiger partial charge in [0.15, 0.2) is 5.96 Å². The number of carbonyl (C=O) groups excluding carboxylic acids is 6. The Hall–Kier alpha value is -8.62. The van der Waals surface area contributed by atoms with Crippen LogP contribution in [0.2, 0.25) is 0 Å². The van der Waals surface area contributed by atoms with E-state index in [0.29, 0.717) is 82.1 Å². The van der Waals surface area contributed by atoms with Crippen LogP contribution in [0.1, 0.15) is 67.3 Å². The molecule has 91 heavy (non-hydrogen) atoms. The summed E-state index contributed by atoms with van der Waals surface area (Å²) >= 11 is 0. The first-order valence-corrected chi connectivity index (χ1v) is 30.2. The standard InChI is InChI=1S/C60H87F2N15O14/c1-3-50(79)65-18-19-68-60(90)71-59(63)67-16-6-10-49(57(88)69-34-46-47(61)32-44(78)33-48(46)62)70-58(89)56(77-35-42-8-4-5-9-43(42)36-77)41-11-13-45(14-12-41)91-31-7-17-64-51(80)15-21-72(2)22-20-66-52(81)37-73-23-25-74(38-53(82)83)27-29-76(40-55(86)87)30-28-75(26-24-73)39-54(84)85/h4-5,8-9,11-14,32-33,49,56,78H,3,6-7,10,15-31,34-40H2,1-2H3,(H,64,80)(H,65,79)(H,66,81)(H,69,88)(H,70,89)(H,82,83)(H,84,85)(H,86,87)(H4,63,67,68,71,90)/t49-,56+/m1/s1. The van der Waals surface area contributed by atoms with Crippen LogP contribution in [-0.2, 0) is 58.0 Å². The summed E-state index contributed by atoms with van der Waals surface area (Å²) in [5, 5.41) is 56.8. The second-order valence-electron chi connectivity index (χ2n) is 22.0. The molecule has 5 rings (SSSR count). The van der Waals surface area contributed by atoms with Crippen molar-refractivity contribution in [3.63, 3.8) is 0 Å². The number of nitrogens with one attached hydrogen (secondary N) is 7. The molecule has 29 nitrogen and oxygen atoms in total. The van der Waals surface area contributed by atoms with Gasteiger partial charge in [-0.05, 0) is 55.1 Å². The van der Waals surface area contributed by atoms with E-state index >= 15 is 0 Å². The number of ether oxygens (including phenoxy) is 1. The van der Waals surface area contributed by atoms with E-state index < -0.39 is 77.3 Å². The zero-order valence-electron chi connectivity index (χ0n) is 51.6. The fourth-order valence-corrected chi connectivity index (χ4v) is 10.0. The Balaban J connectivity index is 1.10. The van der Waals surface area contributed by atoms with Crippen molar-refractivity contribution >= 4 is 59.4 Å². The van der Waals surface area contributed by atoms with Gasteiger partial charge < -0.3 is 67.7 Å². The third kappa shape index (κ3) is 27.6. The lowest BCUT2D eigenvalue weighted by Gasteiger charge is -2.32. The number of nitrogens with zero attached hydrogens (tertiary/aromatic N) is 7. The van der Waals surface area contributed by atoms with E-state index in [1.807, 2.05) is 46.0 Å². The van der Waals surface area contributed by atoms with Crippen molar-refractivity contribution in [2.45, 2.75) is 70.7 Å². The molecule has 500 valence electrons. The molecule has 2 aliphatic rings. The van der Waals surface area contributed by atoms with Crippen molar-refractivity contribution in [3.8, 4) is 11.5 Å². The zero-order chi connectivity index (χ0) is 66.2. The lowest BCUT2D eigenvalue weighted by Crippen LogP contribution is -2.50. The Morgan fingerprint density at radius 2 is 1.18 bits per heavy atom. The first-order valence-electron chi connectivity index (χ1n) is 30.2. The number of aromatic hydroxyl groups is 1. The molecule has 0 bridgehead atoms. The third-order valence-electron chi connectivity index (χ3n) is 14.9. The van der Waals surface area contributed by atoms with Gasteiger partial charge >= 0.3 is 23.9 Å². The number of urea groups is 1. The van der Waals surface area contributed by atoms with Gasteiger partial charge in [-0.15, -0.1) is 0 Å². The Morgan fingerprint density at radius 1 is 0.648 bits per heavy atom. The van der Waals surface area contributed by atoms with Crippen LogP contribution in [0.5, 0.6) is 11.5 Å². The van der Waals surface area contributed by atoms with Crippen LogP contribution < -0.4 is 47.7 Å². The van der Waals surface area contributed by atoms with Crippen molar-refractivity contribution < 1.29 is 77.1 Å². The van der Waals surface area contributed by atoms with Crippen LogP contribution in [0.15, 0.2) is 65.7 Å². The lowest BCUT2D eigenvalue weighted by atomic mass is 10.0. The van der Waals surface area contributed by atoms with Crippen LogP contribution in [0, 0.1) is 11.6 Å². The van der Waals surface area contributed by atoms with Crippen molar-refractivity contribution in [2.24, 2.45) is 10.7 Å². The molecule has 3 aromatic carbocycles. The largest absolute Gasteiger partial charge is 0.508 e. The molecule has 0 aliphatic carbocycles. The van der Waals surface area contributed by atoms with E-state index in [0.717, 1.165) is 11.1 Å². The van der Waals surface area contributed by atoms with Crippen molar-refractivity contribution in [2.75, 3.05) is 138 Å². The van der Waals surface area contributed by atoms with Gasteiger partial charge in [-0.2, -0.15) is 0 Å². The number of aliphatic imine (C=N–C) groups is 1. The summed E-state index contributed by atoms with van der Waals surface area (Å²) in [4.78, 5) is 128. The predicted octanol–water partition coefficient (Wildman–Crippen LogP) is -0.753. The summed E-state index contributed by atoms with van der Waals surface area (Å²) < 4.78 is 35.5. The molecule has 0 spiro atoms. The quantitative estimate of drug-likeness (QED) is 0.0199. The van der Waals surface area contributed by atoms with Gasteiger partial charge in [-0.1, -0.05) is 43.3 Å². The molecule has 7 amide bonds. The number of nitrogens with two attached hydrogens (primary N) is 1. The molecule has 0 aromatic heterocycles. The van der Waals surface area contributed by atoms with Crippen LogP contribution in [0.3, 0.4) is 0 Å². The molecule has 13 N–H and O–H groups in total.